The number of nitrogens with zero attached hydrogens (tertiary/aromatic N) is 3. The second-order valence-corrected chi connectivity index (χ2v) is 7.09. The summed E-state index contributed by atoms with van der Waals surface area (Å²) in [5, 5.41) is 13.4. The van der Waals surface area contributed by atoms with Crippen LogP contribution in [0.25, 0.3) is 0 Å². The van der Waals surface area contributed by atoms with E-state index >= 15 is 0 Å². The summed E-state index contributed by atoms with van der Waals surface area (Å²) in [7, 11) is 0. The molecule has 2 atom stereocenters. The Morgan fingerprint density at radius 3 is 2.88 bits per heavy atom. The van der Waals surface area contributed by atoms with Gasteiger partial charge in [-0.05, 0) is 47.0 Å². The van der Waals surface area contributed by atoms with Gasteiger partial charge in [0.05, 0.1) is 17.6 Å². The summed E-state index contributed by atoms with van der Waals surface area (Å²) in [5.41, 5.74) is 2.77. The van der Waals surface area contributed by atoms with Crippen molar-refractivity contribution in [3.8, 4) is 0 Å². The number of alkyl carbamates (subject to hydrolysis) is 1. The number of rotatable bonds is 5. The van der Waals surface area contributed by atoms with Gasteiger partial charge in [-0.2, -0.15) is 5.10 Å². The number of carbonyl (C=O) groups excluding carboxylic acids is 1. The molecule has 3 rings (SSSR count). The van der Waals surface area contributed by atoms with Gasteiger partial charge in [0.1, 0.15) is 11.9 Å². The van der Waals surface area contributed by atoms with E-state index in [1.165, 1.54) is 0 Å². The van der Waals surface area contributed by atoms with E-state index in [2.05, 4.69) is 30.8 Å². The lowest BCUT2D eigenvalue weighted by Gasteiger charge is -2.14. The van der Waals surface area contributed by atoms with Crippen molar-refractivity contribution >= 4 is 17.6 Å². The van der Waals surface area contributed by atoms with Crippen LogP contribution in [-0.2, 0) is 4.74 Å². The van der Waals surface area contributed by atoms with Crippen LogP contribution in [0.4, 0.5) is 16.3 Å². The molecule has 0 unspecified atom stereocenters. The highest BCUT2D eigenvalue weighted by atomic mass is 16.6. The number of ether oxygens (including phenoxy) is 1. The molecule has 2 aromatic heterocycles. The minimum absolute atomic E-state index is 0.0498. The third-order valence-electron chi connectivity index (χ3n) is 4.46. The van der Waals surface area contributed by atoms with Gasteiger partial charge in [0, 0.05) is 23.7 Å². The van der Waals surface area contributed by atoms with Gasteiger partial charge in [-0.15, -0.1) is 0 Å². The van der Waals surface area contributed by atoms with Crippen LogP contribution in [0.5, 0.6) is 0 Å². The third kappa shape index (κ3) is 4.50. The van der Waals surface area contributed by atoms with Crippen molar-refractivity contribution in [3.05, 3.63) is 29.5 Å². The minimum Gasteiger partial charge on any atom is -0.446 e. The number of aryl methyl sites for hydroxylation is 2. The SMILES string of the molecule is Cc1ncc(Nc2cc([C@H]3CC[C@@H](OC(=O)NC(C)C)C3)[nH]n2)c(C)n1. The normalized spacial score (nSPS) is 19.6. The highest BCUT2D eigenvalue weighted by Crippen LogP contribution is 2.36. The molecule has 0 saturated heterocycles. The zero-order valence-corrected chi connectivity index (χ0v) is 15.7. The van der Waals surface area contributed by atoms with Crippen molar-refractivity contribution in [2.75, 3.05) is 5.32 Å². The molecule has 8 heteroatoms. The van der Waals surface area contributed by atoms with Gasteiger partial charge in [0.25, 0.3) is 0 Å². The van der Waals surface area contributed by atoms with Crippen molar-refractivity contribution in [1.29, 1.82) is 0 Å². The Morgan fingerprint density at radius 2 is 2.15 bits per heavy atom. The first-order valence-electron chi connectivity index (χ1n) is 9.00. The van der Waals surface area contributed by atoms with Crippen LogP contribution < -0.4 is 10.6 Å². The zero-order valence-electron chi connectivity index (χ0n) is 15.7. The summed E-state index contributed by atoms with van der Waals surface area (Å²) < 4.78 is 5.49. The molecule has 2 heterocycles. The van der Waals surface area contributed by atoms with Crippen LogP contribution in [0.1, 0.15) is 56.2 Å². The second-order valence-electron chi connectivity index (χ2n) is 7.09. The van der Waals surface area contributed by atoms with E-state index in [4.69, 9.17) is 4.74 Å². The van der Waals surface area contributed by atoms with Gasteiger partial charge in [-0.3, -0.25) is 5.10 Å². The van der Waals surface area contributed by atoms with Crippen LogP contribution in [0.2, 0.25) is 0 Å². The van der Waals surface area contributed by atoms with E-state index < -0.39 is 0 Å². The first-order valence-corrected chi connectivity index (χ1v) is 9.00. The molecule has 2 aromatic rings. The highest BCUT2D eigenvalue weighted by Gasteiger charge is 2.30. The molecule has 0 aliphatic heterocycles. The number of H-pyrrole nitrogens is 1. The number of amides is 1. The van der Waals surface area contributed by atoms with E-state index in [-0.39, 0.29) is 18.2 Å². The van der Waals surface area contributed by atoms with Crippen LogP contribution in [-0.4, -0.2) is 38.4 Å². The molecule has 1 fully saturated rings. The number of nitrogens with one attached hydrogen (secondary N) is 3. The largest absolute Gasteiger partial charge is 0.446 e. The number of aromatic amines is 1. The number of carbonyl (C=O) groups is 1. The van der Waals surface area contributed by atoms with Gasteiger partial charge in [0.15, 0.2) is 5.82 Å². The Bertz CT molecular complexity index is 773. The summed E-state index contributed by atoms with van der Waals surface area (Å²) in [6.07, 6.45) is 4.01. The van der Waals surface area contributed by atoms with Crippen LogP contribution in [0, 0.1) is 13.8 Å². The Kier molecular flexibility index (Phi) is 5.39. The fourth-order valence-electron chi connectivity index (χ4n) is 3.20. The van der Waals surface area contributed by atoms with E-state index in [1.807, 2.05) is 33.8 Å². The molecule has 1 aliphatic carbocycles. The van der Waals surface area contributed by atoms with Gasteiger partial charge < -0.3 is 15.4 Å². The Balaban J connectivity index is 1.57. The summed E-state index contributed by atoms with van der Waals surface area (Å²) in [6, 6.07) is 2.08. The summed E-state index contributed by atoms with van der Waals surface area (Å²) in [4.78, 5) is 20.3. The molecular formula is C18H26N6O2. The van der Waals surface area contributed by atoms with Crippen molar-refractivity contribution < 1.29 is 9.53 Å². The molecule has 0 radical (unpaired) electrons. The van der Waals surface area contributed by atoms with Gasteiger partial charge >= 0.3 is 6.09 Å². The van der Waals surface area contributed by atoms with Crippen molar-refractivity contribution in [1.82, 2.24) is 25.5 Å². The van der Waals surface area contributed by atoms with E-state index in [0.29, 0.717) is 5.92 Å². The average molecular weight is 358 g/mol. The van der Waals surface area contributed by atoms with Crippen molar-refractivity contribution in [2.45, 2.75) is 65.0 Å². The average Bonchev–Trinajstić information content (AvgIpc) is 3.18. The second kappa shape index (κ2) is 7.72. The lowest BCUT2D eigenvalue weighted by Crippen LogP contribution is -2.33. The lowest BCUT2D eigenvalue weighted by atomic mass is 10.0. The zero-order chi connectivity index (χ0) is 18.7. The molecule has 0 aromatic carbocycles. The van der Waals surface area contributed by atoms with Gasteiger partial charge in [0.2, 0.25) is 0 Å². The molecule has 26 heavy (non-hydrogen) atoms. The summed E-state index contributed by atoms with van der Waals surface area (Å²) in [5.74, 6) is 1.79. The molecule has 1 amide bonds. The number of aromatic nitrogens is 4. The van der Waals surface area contributed by atoms with Crippen molar-refractivity contribution in [2.24, 2.45) is 0 Å². The van der Waals surface area contributed by atoms with E-state index in [9.17, 15) is 4.79 Å². The van der Waals surface area contributed by atoms with Crippen LogP contribution in [0.3, 0.4) is 0 Å². The van der Waals surface area contributed by atoms with Crippen LogP contribution in [0.15, 0.2) is 12.3 Å². The number of hydrogen-bond acceptors (Lipinski definition) is 6. The quantitative estimate of drug-likeness (QED) is 0.757. The Hall–Kier alpha value is -2.64. The van der Waals surface area contributed by atoms with Gasteiger partial charge in [-0.25, -0.2) is 14.8 Å². The van der Waals surface area contributed by atoms with Crippen LogP contribution >= 0.6 is 0 Å². The predicted octanol–water partition coefficient (Wildman–Crippen LogP) is 3.33. The van der Waals surface area contributed by atoms with E-state index in [1.54, 1.807) is 6.20 Å². The Morgan fingerprint density at radius 1 is 1.35 bits per heavy atom. The molecule has 0 bridgehead atoms. The molecule has 1 aliphatic rings. The predicted molar refractivity (Wildman–Crippen MR) is 98.5 cm³/mol. The number of hydrogen-bond donors (Lipinski definition) is 3. The highest BCUT2D eigenvalue weighted by molar-refractivity contribution is 5.67. The third-order valence-corrected chi connectivity index (χ3v) is 4.46. The topological polar surface area (TPSA) is 105 Å². The maximum absolute atomic E-state index is 11.7. The monoisotopic (exact) mass is 358 g/mol. The van der Waals surface area contributed by atoms with Gasteiger partial charge in [-0.1, -0.05) is 0 Å². The summed E-state index contributed by atoms with van der Waals surface area (Å²) in [6.45, 7) is 7.63. The molecule has 1 saturated carbocycles. The fraction of sp³-hybridized carbons (Fsp3) is 0.556. The molecule has 3 N–H and O–H groups in total. The maximum Gasteiger partial charge on any atom is 0.407 e. The first kappa shape index (κ1) is 18.2. The first-order chi connectivity index (χ1) is 12.4. The summed E-state index contributed by atoms with van der Waals surface area (Å²) >= 11 is 0. The number of anilines is 2. The molecule has 8 nitrogen and oxygen atoms in total. The van der Waals surface area contributed by atoms with Crippen molar-refractivity contribution in [3.63, 3.8) is 0 Å². The Labute approximate surface area is 153 Å². The molecule has 0 spiro atoms. The molecule has 140 valence electrons. The lowest BCUT2D eigenvalue weighted by molar-refractivity contribution is 0.0981. The fourth-order valence-corrected chi connectivity index (χ4v) is 3.20. The van der Waals surface area contributed by atoms with E-state index in [0.717, 1.165) is 48.0 Å². The maximum atomic E-state index is 11.7. The standard InChI is InChI=1S/C18H26N6O2/c1-10(2)20-18(25)26-14-6-5-13(7-14)15-8-17(24-23-15)22-16-9-19-12(4)21-11(16)3/h8-10,13-14H,5-7H2,1-4H3,(H,20,25)(H2,22,23,24)/t13-,14+/m0/s1. The minimum atomic E-state index is -0.340. The smallest absolute Gasteiger partial charge is 0.407 e. The molecular weight excluding hydrogens is 332 g/mol.